The van der Waals surface area contributed by atoms with E-state index in [0.29, 0.717) is 21.7 Å². The Morgan fingerprint density at radius 1 is 1.18 bits per heavy atom. The minimum absolute atomic E-state index is 0.00796. The average molecular weight is 337 g/mol. The SMILES string of the molecule is CN1c2ccccc2C(O)c2ccc([S+](C)[O-])cc2S1(=O)=O. The van der Waals surface area contributed by atoms with Crippen LogP contribution >= 0.6 is 0 Å². The van der Waals surface area contributed by atoms with Crippen LogP contribution in [0.4, 0.5) is 5.69 Å². The van der Waals surface area contributed by atoms with E-state index < -0.39 is 27.3 Å². The number of para-hydroxylation sites is 1. The Labute approximate surface area is 132 Å². The molecule has 116 valence electrons. The third kappa shape index (κ3) is 2.21. The van der Waals surface area contributed by atoms with Gasteiger partial charge in [0.05, 0.1) is 10.6 Å². The fraction of sp³-hybridized carbons (Fsp3) is 0.200. The molecule has 0 saturated heterocycles. The van der Waals surface area contributed by atoms with Gasteiger partial charge in [0, 0.05) is 24.2 Å². The van der Waals surface area contributed by atoms with Gasteiger partial charge in [0.25, 0.3) is 10.0 Å². The monoisotopic (exact) mass is 337 g/mol. The molecule has 3 rings (SSSR count). The van der Waals surface area contributed by atoms with Crippen LogP contribution in [0.25, 0.3) is 0 Å². The average Bonchev–Trinajstić information content (AvgIpc) is 2.57. The van der Waals surface area contributed by atoms with E-state index in [4.69, 9.17) is 0 Å². The Balaban J connectivity index is 2.34. The van der Waals surface area contributed by atoms with Crippen LogP contribution in [0.15, 0.2) is 52.3 Å². The van der Waals surface area contributed by atoms with Crippen LogP contribution in [-0.2, 0) is 21.2 Å². The molecule has 2 unspecified atom stereocenters. The molecular formula is C15H15NO4S2. The van der Waals surface area contributed by atoms with E-state index in [-0.39, 0.29) is 4.90 Å². The third-order valence-electron chi connectivity index (χ3n) is 3.82. The zero-order valence-electron chi connectivity index (χ0n) is 12.1. The van der Waals surface area contributed by atoms with Crippen LogP contribution in [0, 0.1) is 0 Å². The van der Waals surface area contributed by atoms with Crippen molar-refractivity contribution in [2.75, 3.05) is 17.6 Å². The molecule has 0 amide bonds. The van der Waals surface area contributed by atoms with E-state index in [0.717, 1.165) is 4.31 Å². The first kappa shape index (κ1) is 15.4. The molecule has 0 bridgehead atoms. The summed E-state index contributed by atoms with van der Waals surface area (Å²) in [5.41, 5.74) is 1.26. The van der Waals surface area contributed by atoms with E-state index >= 15 is 0 Å². The van der Waals surface area contributed by atoms with Gasteiger partial charge in [-0.15, -0.1) is 0 Å². The molecule has 2 aromatic rings. The van der Waals surface area contributed by atoms with Gasteiger partial charge >= 0.3 is 0 Å². The predicted molar refractivity (Wildman–Crippen MR) is 84.9 cm³/mol. The molecule has 1 aliphatic heterocycles. The van der Waals surface area contributed by atoms with Crippen LogP contribution in [0.2, 0.25) is 0 Å². The number of benzene rings is 2. The fourth-order valence-electron chi connectivity index (χ4n) is 2.59. The minimum Gasteiger partial charge on any atom is -0.612 e. The van der Waals surface area contributed by atoms with Crippen molar-refractivity contribution >= 4 is 26.9 Å². The molecule has 0 saturated carbocycles. The number of hydrogen-bond acceptors (Lipinski definition) is 4. The summed E-state index contributed by atoms with van der Waals surface area (Å²) >= 11 is -1.30. The van der Waals surface area contributed by atoms with Gasteiger partial charge in [-0.05, 0) is 29.4 Å². The maximum Gasteiger partial charge on any atom is 0.264 e. The summed E-state index contributed by atoms with van der Waals surface area (Å²) in [6.45, 7) is 0. The zero-order chi connectivity index (χ0) is 16.1. The Morgan fingerprint density at radius 3 is 2.55 bits per heavy atom. The molecular weight excluding hydrogens is 322 g/mol. The van der Waals surface area contributed by atoms with Gasteiger partial charge in [-0.25, -0.2) is 8.42 Å². The Hall–Kier alpha value is -1.54. The Bertz CT molecular complexity index is 833. The standard InChI is InChI=1S/C15H15NO4S2/c1-16-13-6-4-3-5-11(13)15(17)12-8-7-10(21(2)18)9-14(12)22(16,19)20/h3-9,15,17H,1-2H3. The van der Waals surface area contributed by atoms with Crippen LogP contribution in [0.1, 0.15) is 17.2 Å². The van der Waals surface area contributed by atoms with Crippen LogP contribution in [0.3, 0.4) is 0 Å². The highest BCUT2D eigenvalue weighted by molar-refractivity contribution is 7.93. The van der Waals surface area contributed by atoms with Gasteiger partial charge in [-0.2, -0.15) is 0 Å². The van der Waals surface area contributed by atoms with Crippen molar-refractivity contribution in [1.29, 1.82) is 0 Å². The number of aliphatic hydroxyl groups is 1. The van der Waals surface area contributed by atoms with Gasteiger partial charge in [-0.1, -0.05) is 18.2 Å². The largest absolute Gasteiger partial charge is 0.612 e. The third-order valence-corrected chi connectivity index (χ3v) is 6.57. The van der Waals surface area contributed by atoms with Gasteiger partial charge in [0.1, 0.15) is 12.4 Å². The molecule has 0 radical (unpaired) electrons. The lowest BCUT2D eigenvalue weighted by molar-refractivity contribution is 0.218. The second-order valence-electron chi connectivity index (χ2n) is 5.09. The summed E-state index contributed by atoms with van der Waals surface area (Å²) in [7, 11) is -2.37. The molecule has 0 aromatic heterocycles. The Kier molecular flexibility index (Phi) is 3.68. The van der Waals surface area contributed by atoms with E-state index in [9.17, 15) is 18.1 Å². The summed E-state index contributed by atoms with van der Waals surface area (Å²) < 4.78 is 38.4. The summed E-state index contributed by atoms with van der Waals surface area (Å²) in [6, 6.07) is 11.3. The first-order chi connectivity index (χ1) is 10.3. The zero-order valence-corrected chi connectivity index (χ0v) is 13.7. The van der Waals surface area contributed by atoms with E-state index in [1.807, 2.05) is 0 Å². The minimum atomic E-state index is -3.82. The van der Waals surface area contributed by atoms with Crippen molar-refractivity contribution in [3.63, 3.8) is 0 Å². The second kappa shape index (κ2) is 5.27. The lowest BCUT2D eigenvalue weighted by Crippen LogP contribution is -2.26. The molecule has 7 heteroatoms. The molecule has 5 nitrogen and oxygen atoms in total. The highest BCUT2D eigenvalue weighted by Crippen LogP contribution is 2.40. The molecule has 0 aliphatic carbocycles. The number of aliphatic hydroxyl groups excluding tert-OH is 1. The molecule has 1 aliphatic rings. The van der Waals surface area contributed by atoms with Crippen molar-refractivity contribution in [2.45, 2.75) is 15.9 Å². The molecule has 2 atom stereocenters. The van der Waals surface area contributed by atoms with E-state index in [1.165, 1.54) is 25.4 Å². The molecule has 1 N–H and O–H groups in total. The van der Waals surface area contributed by atoms with Crippen molar-refractivity contribution in [3.8, 4) is 0 Å². The molecule has 1 heterocycles. The highest BCUT2D eigenvalue weighted by Gasteiger charge is 2.34. The summed E-state index contributed by atoms with van der Waals surface area (Å²) in [6.07, 6.45) is 0.435. The van der Waals surface area contributed by atoms with E-state index in [2.05, 4.69) is 0 Å². The summed E-state index contributed by atoms with van der Waals surface area (Å²) in [4.78, 5) is 0.403. The predicted octanol–water partition coefficient (Wildman–Crippen LogP) is 1.64. The van der Waals surface area contributed by atoms with Crippen LogP contribution in [-0.4, -0.2) is 31.4 Å². The van der Waals surface area contributed by atoms with Crippen molar-refractivity contribution in [2.24, 2.45) is 0 Å². The highest BCUT2D eigenvalue weighted by atomic mass is 32.2. The summed E-state index contributed by atoms with van der Waals surface area (Å²) in [5, 5.41) is 10.6. The van der Waals surface area contributed by atoms with Crippen molar-refractivity contribution < 1.29 is 18.1 Å². The smallest absolute Gasteiger partial charge is 0.264 e. The molecule has 2 aromatic carbocycles. The van der Waals surface area contributed by atoms with Gasteiger partial charge in [0.2, 0.25) is 0 Å². The number of rotatable bonds is 1. The first-order valence-electron chi connectivity index (χ1n) is 6.57. The van der Waals surface area contributed by atoms with E-state index in [1.54, 1.807) is 30.3 Å². The number of hydrogen-bond donors (Lipinski definition) is 1. The van der Waals surface area contributed by atoms with Gasteiger partial charge in [0.15, 0.2) is 4.90 Å². The number of sulfonamides is 1. The van der Waals surface area contributed by atoms with Gasteiger partial charge in [-0.3, -0.25) is 4.31 Å². The normalized spacial score (nSPS) is 20.7. The topological polar surface area (TPSA) is 80.7 Å². The lowest BCUT2D eigenvalue weighted by atomic mass is 10.00. The summed E-state index contributed by atoms with van der Waals surface area (Å²) in [5.74, 6) is 0. The molecule has 0 fully saturated rings. The molecule has 22 heavy (non-hydrogen) atoms. The lowest BCUT2D eigenvalue weighted by Gasteiger charge is -2.19. The quantitative estimate of drug-likeness (QED) is 0.802. The van der Waals surface area contributed by atoms with Gasteiger partial charge < -0.3 is 9.66 Å². The maximum absolute atomic E-state index is 12.8. The van der Waals surface area contributed by atoms with Crippen molar-refractivity contribution in [1.82, 2.24) is 0 Å². The number of fused-ring (bicyclic) bond motifs is 2. The second-order valence-corrected chi connectivity index (χ2v) is 8.40. The maximum atomic E-state index is 12.8. The molecule has 0 spiro atoms. The van der Waals surface area contributed by atoms with Crippen molar-refractivity contribution in [3.05, 3.63) is 53.6 Å². The Morgan fingerprint density at radius 2 is 1.86 bits per heavy atom. The number of anilines is 1. The number of nitrogens with zero attached hydrogens (tertiary/aromatic N) is 1. The van der Waals surface area contributed by atoms with Crippen LogP contribution in [0.5, 0.6) is 0 Å². The fourth-order valence-corrected chi connectivity index (χ4v) is 4.68. The van der Waals surface area contributed by atoms with Crippen LogP contribution < -0.4 is 4.31 Å². The first-order valence-corrected chi connectivity index (χ1v) is 9.57.